The molecular weight excluding hydrogens is 274 g/mol. The smallest absolute Gasteiger partial charge is 0.346 e. The van der Waals surface area contributed by atoms with Crippen LogP contribution in [0, 0.1) is 0 Å². The fourth-order valence-corrected chi connectivity index (χ4v) is 1.79. The van der Waals surface area contributed by atoms with Gasteiger partial charge in [-0.2, -0.15) is 0 Å². The first kappa shape index (κ1) is 14.9. The van der Waals surface area contributed by atoms with Crippen LogP contribution in [0.3, 0.4) is 0 Å². The molecule has 0 saturated heterocycles. The average molecular weight is 291 g/mol. The van der Waals surface area contributed by atoms with Crippen LogP contribution in [0.1, 0.15) is 0 Å². The van der Waals surface area contributed by atoms with Crippen molar-refractivity contribution in [2.45, 2.75) is 6.54 Å². The van der Waals surface area contributed by atoms with Crippen LogP contribution in [0.5, 0.6) is 0 Å². The predicted octanol–water partition coefficient (Wildman–Crippen LogP) is -0.594. The summed E-state index contributed by atoms with van der Waals surface area (Å²) in [5.74, 6) is 0.130. The first-order valence-corrected chi connectivity index (χ1v) is 6.44. The molecule has 1 N–H and O–H groups in total. The number of hydrogen-bond donors (Lipinski definition) is 1. The van der Waals surface area contributed by atoms with Gasteiger partial charge in [-0.25, -0.2) is 9.48 Å². The number of rotatable bonds is 6. The third kappa shape index (κ3) is 3.54. The molecule has 0 unspecified atom stereocenters. The largest absolute Gasteiger partial charge is 0.383 e. The van der Waals surface area contributed by atoms with Gasteiger partial charge in [-0.15, -0.1) is 5.10 Å². The Labute approximate surface area is 121 Å². The minimum atomic E-state index is -0.363. The number of carbonyl (C=O) groups is 1. The van der Waals surface area contributed by atoms with Gasteiger partial charge in [0.05, 0.1) is 6.61 Å². The summed E-state index contributed by atoms with van der Waals surface area (Å²) in [5, 5.41) is 6.80. The Morgan fingerprint density at radius 2 is 2.24 bits per heavy atom. The molecule has 0 aliphatic carbocycles. The second-order valence-electron chi connectivity index (χ2n) is 4.38. The van der Waals surface area contributed by atoms with Crippen LogP contribution in [0.15, 0.2) is 29.2 Å². The van der Waals surface area contributed by atoms with E-state index in [1.165, 1.54) is 4.57 Å². The third-order valence-corrected chi connectivity index (χ3v) is 2.86. The van der Waals surface area contributed by atoms with Crippen LogP contribution in [-0.4, -0.2) is 45.5 Å². The van der Waals surface area contributed by atoms with E-state index in [1.54, 1.807) is 32.5 Å². The van der Waals surface area contributed by atoms with E-state index < -0.39 is 0 Å². The summed E-state index contributed by atoms with van der Waals surface area (Å²) in [6.45, 7) is 0.676. The van der Waals surface area contributed by atoms with E-state index >= 15 is 0 Å². The highest BCUT2D eigenvalue weighted by Crippen LogP contribution is 2.10. The lowest BCUT2D eigenvalue weighted by Gasteiger charge is -2.03. The molecule has 8 heteroatoms. The highest BCUT2D eigenvalue weighted by Gasteiger charge is 2.14. The Morgan fingerprint density at radius 3 is 2.90 bits per heavy atom. The Kier molecular flexibility index (Phi) is 4.83. The number of amides is 1. The minimum Gasteiger partial charge on any atom is -0.383 e. The molecule has 0 aromatic carbocycles. The van der Waals surface area contributed by atoms with Crippen molar-refractivity contribution in [1.82, 2.24) is 24.6 Å². The zero-order valence-electron chi connectivity index (χ0n) is 11.9. The fraction of sp³-hybridized carbons (Fsp3) is 0.385. The van der Waals surface area contributed by atoms with Gasteiger partial charge in [-0.1, -0.05) is 6.07 Å². The van der Waals surface area contributed by atoms with E-state index in [9.17, 15) is 9.59 Å². The summed E-state index contributed by atoms with van der Waals surface area (Å²) in [4.78, 5) is 27.9. The lowest BCUT2D eigenvalue weighted by atomic mass is 10.3. The van der Waals surface area contributed by atoms with Gasteiger partial charge in [0.15, 0.2) is 5.82 Å². The first-order valence-electron chi connectivity index (χ1n) is 6.44. The fourth-order valence-electron chi connectivity index (χ4n) is 1.79. The number of methoxy groups -OCH3 is 1. The second-order valence-corrected chi connectivity index (χ2v) is 4.38. The Balaban J connectivity index is 2.15. The van der Waals surface area contributed by atoms with Crippen LogP contribution >= 0.6 is 0 Å². The van der Waals surface area contributed by atoms with Crippen molar-refractivity contribution in [2.24, 2.45) is 7.05 Å². The summed E-state index contributed by atoms with van der Waals surface area (Å²) >= 11 is 0. The topological polar surface area (TPSA) is 91.0 Å². The lowest BCUT2D eigenvalue weighted by molar-refractivity contribution is -0.122. The van der Waals surface area contributed by atoms with Crippen LogP contribution in [0.4, 0.5) is 0 Å². The maximum absolute atomic E-state index is 12.1. The van der Waals surface area contributed by atoms with Gasteiger partial charge in [-0.05, 0) is 12.1 Å². The highest BCUT2D eigenvalue weighted by molar-refractivity contribution is 5.75. The van der Waals surface area contributed by atoms with E-state index in [-0.39, 0.29) is 18.1 Å². The number of hydrogen-bond acceptors (Lipinski definition) is 5. The Hall–Kier alpha value is -2.48. The number of nitrogens with zero attached hydrogens (tertiary/aromatic N) is 4. The van der Waals surface area contributed by atoms with E-state index in [4.69, 9.17) is 4.74 Å². The molecule has 21 heavy (non-hydrogen) atoms. The third-order valence-electron chi connectivity index (χ3n) is 2.86. The SMILES string of the molecule is COCCNC(=O)Cn1nc(-c2ccccn2)n(C)c1=O. The molecule has 0 aliphatic heterocycles. The quantitative estimate of drug-likeness (QED) is 0.718. The van der Waals surface area contributed by atoms with Gasteiger partial charge >= 0.3 is 5.69 Å². The monoisotopic (exact) mass is 291 g/mol. The van der Waals surface area contributed by atoms with Gasteiger partial charge in [0.1, 0.15) is 12.2 Å². The molecule has 8 nitrogen and oxygen atoms in total. The minimum absolute atomic E-state index is 0.136. The molecule has 0 aliphatic rings. The van der Waals surface area contributed by atoms with E-state index in [1.807, 2.05) is 6.07 Å². The first-order chi connectivity index (χ1) is 10.1. The summed E-state index contributed by atoms with van der Waals surface area (Å²) in [6.07, 6.45) is 1.62. The van der Waals surface area contributed by atoms with Crippen molar-refractivity contribution < 1.29 is 9.53 Å². The number of nitrogens with one attached hydrogen (secondary N) is 1. The van der Waals surface area contributed by atoms with Crippen molar-refractivity contribution in [3.05, 3.63) is 34.9 Å². The molecule has 112 valence electrons. The van der Waals surface area contributed by atoms with Crippen molar-refractivity contribution >= 4 is 5.91 Å². The van der Waals surface area contributed by atoms with E-state index in [2.05, 4.69) is 15.4 Å². The second kappa shape index (κ2) is 6.80. The average Bonchev–Trinajstić information content (AvgIpc) is 2.77. The summed E-state index contributed by atoms with van der Waals surface area (Å²) in [7, 11) is 3.15. The molecular formula is C13H17N5O3. The van der Waals surface area contributed by atoms with E-state index in [0.717, 1.165) is 4.68 Å². The van der Waals surface area contributed by atoms with Gasteiger partial charge in [0.2, 0.25) is 5.91 Å². The molecule has 0 atom stereocenters. The highest BCUT2D eigenvalue weighted by atomic mass is 16.5. The number of aromatic nitrogens is 4. The van der Waals surface area contributed by atoms with E-state index in [0.29, 0.717) is 24.7 Å². The molecule has 1 amide bonds. The van der Waals surface area contributed by atoms with Gasteiger partial charge in [0.25, 0.3) is 0 Å². The van der Waals surface area contributed by atoms with Crippen LogP contribution in [0.2, 0.25) is 0 Å². The van der Waals surface area contributed by atoms with Gasteiger partial charge < -0.3 is 10.1 Å². The standard InChI is InChI=1S/C13H17N5O3/c1-17-12(10-5-3-4-6-14-10)16-18(13(17)20)9-11(19)15-7-8-21-2/h3-6H,7-9H2,1-2H3,(H,15,19). The molecule has 0 spiro atoms. The maximum atomic E-state index is 12.1. The van der Waals surface area contributed by atoms with Crippen molar-refractivity contribution in [2.75, 3.05) is 20.3 Å². The van der Waals surface area contributed by atoms with Crippen LogP contribution < -0.4 is 11.0 Å². The number of carbonyl (C=O) groups excluding carboxylic acids is 1. The number of pyridine rings is 1. The predicted molar refractivity (Wildman–Crippen MR) is 75.6 cm³/mol. The summed E-state index contributed by atoms with van der Waals surface area (Å²) in [5.41, 5.74) is 0.216. The molecule has 0 bridgehead atoms. The van der Waals surface area contributed by atoms with Gasteiger partial charge in [0, 0.05) is 26.9 Å². The van der Waals surface area contributed by atoms with Crippen LogP contribution in [-0.2, 0) is 23.1 Å². The molecule has 0 fully saturated rings. The summed E-state index contributed by atoms with van der Waals surface area (Å²) < 4.78 is 7.32. The Morgan fingerprint density at radius 1 is 1.43 bits per heavy atom. The summed E-state index contributed by atoms with van der Waals surface area (Å²) in [6, 6.07) is 5.34. The molecule has 0 radical (unpaired) electrons. The molecule has 0 saturated carbocycles. The zero-order valence-corrected chi connectivity index (χ0v) is 11.9. The zero-order chi connectivity index (χ0) is 15.2. The van der Waals surface area contributed by atoms with Gasteiger partial charge in [-0.3, -0.25) is 14.3 Å². The lowest BCUT2D eigenvalue weighted by Crippen LogP contribution is -2.34. The van der Waals surface area contributed by atoms with Crippen molar-refractivity contribution in [1.29, 1.82) is 0 Å². The van der Waals surface area contributed by atoms with Crippen LogP contribution in [0.25, 0.3) is 11.5 Å². The van der Waals surface area contributed by atoms with Crippen molar-refractivity contribution in [3.8, 4) is 11.5 Å². The normalized spacial score (nSPS) is 10.6. The number of ether oxygens (including phenoxy) is 1. The molecule has 2 aromatic rings. The molecule has 2 rings (SSSR count). The Bertz CT molecular complexity index is 662. The molecule has 2 aromatic heterocycles. The van der Waals surface area contributed by atoms with Crippen molar-refractivity contribution in [3.63, 3.8) is 0 Å². The molecule has 2 heterocycles. The maximum Gasteiger partial charge on any atom is 0.346 e.